The Kier molecular flexibility index (Phi) is 5.84. The fraction of sp³-hybridized carbons (Fsp3) is 1.00. The van der Waals surface area contributed by atoms with Crippen molar-refractivity contribution in [3.63, 3.8) is 0 Å². The molecule has 0 aliphatic carbocycles. The summed E-state index contributed by atoms with van der Waals surface area (Å²) in [5, 5.41) is 0. The van der Waals surface area contributed by atoms with Gasteiger partial charge in [-0.1, -0.05) is 0 Å². The van der Waals surface area contributed by atoms with Crippen molar-refractivity contribution in [3.8, 4) is 0 Å². The van der Waals surface area contributed by atoms with E-state index < -0.39 is 32.2 Å². The van der Waals surface area contributed by atoms with E-state index in [4.69, 9.17) is 5.73 Å². The molecule has 9 heteroatoms. The summed E-state index contributed by atoms with van der Waals surface area (Å²) in [6.07, 6.45) is 1.81. The molecule has 98 valence electrons. The highest BCUT2D eigenvalue weighted by Gasteiger charge is 2.19. The molecule has 1 unspecified atom stereocenters. The van der Waals surface area contributed by atoms with E-state index in [-0.39, 0.29) is 13.2 Å². The zero-order valence-electron chi connectivity index (χ0n) is 9.41. The van der Waals surface area contributed by atoms with Crippen LogP contribution in [0.1, 0.15) is 6.92 Å². The predicted octanol–water partition coefficient (Wildman–Crippen LogP) is -1.10. The third-order valence-corrected chi connectivity index (χ3v) is 2.86. The lowest BCUT2D eigenvalue weighted by atomic mass is 10.1. The van der Waals surface area contributed by atoms with Gasteiger partial charge < -0.3 is 5.73 Å². The van der Waals surface area contributed by atoms with Gasteiger partial charge in [0.15, 0.2) is 0 Å². The van der Waals surface area contributed by atoms with Crippen molar-refractivity contribution in [2.24, 2.45) is 11.7 Å². The topological polar surface area (TPSA) is 113 Å². The smallest absolute Gasteiger partial charge is 0.264 e. The van der Waals surface area contributed by atoms with Gasteiger partial charge in [0.2, 0.25) is 0 Å². The molecule has 0 fully saturated rings. The standard InChI is InChI=1S/C7H17NO6S2/c1-6(8)7(4-13-15(2,9)10)5-14-16(3,11)12/h6-7H,4-5,8H2,1-3H3. The Labute approximate surface area is 96.2 Å². The summed E-state index contributed by atoms with van der Waals surface area (Å²) >= 11 is 0. The molecular formula is C7H17NO6S2. The lowest BCUT2D eigenvalue weighted by Crippen LogP contribution is -2.35. The Morgan fingerprint density at radius 1 is 1.00 bits per heavy atom. The minimum atomic E-state index is -3.57. The van der Waals surface area contributed by atoms with Gasteiger partial charge in [-0.2, -0.15) is 16.8 Å². The minimum absolute atomic E-state index is 0.202. The molecule has 0 heterocycles. The first-order valence-corrected chi connectivity index (χ1v) is 8.09. The van der Waals surface area contributed by atoms with Crippen LogP contribution in [-0.4, -0.2) is 48.6 Å². The maximum Gasteiger partial charge on any atom is 0.264 e. The molecule has 0 radical (unpaired) electrons. The van der Waals surface area contributed by atoms with E-state index in [0.717, 1.165) is 12.5 Å². The molecule has 1 atom stereocenters. The highest BCUT2D eigenvalue weighted by molar-refractivity contribution is 7.86. The van der Waals surface area contributed by atoms with Crippen molar-refractivity contribution in [3.05, 3.63) is 0 Å². The van der Waals surface area contributed by atoms with E-state index in [1.54, 1.807) is 6.92 Å². The van der Waals surface area contributed by atoms with Crippen LogP contribution in [0.25, 0.3) is 0 Å². The van der Waals surface area contributed by atoms with Gasteiger partial charge >= 0.3 is 0 Å². The molecule has 0 rings (SSSR count). The van der Waals surface area contributed by atoms with Crippen molar-refractivity contribution in [2.75, 3.05) is 25.7 Å². The Balaban J connectivity index is 4.30. The van der Waals surface area contributed by atoms with Gasteiger partial charge in [0.25, 0.3) is 20.2 Å². The first kappa shape index (κ1) is 15.8. The van der Waals surface area contributed by atoms with Crippen LogP contribution >= 0.6 is 0 Å². The number of nitrogens with two attached hydrogens (primary N) is 1. The monoisotopic (exact) mass is 275 g/mol. The van der Waals surface area contributed by atoms with E-state index in [1.807, 2.05) is 0 Å². The Bertz CT molecular complexity index is 363. The summed E-state index contributed by atoms with van der Waals surface area (Å²) in [4.78, 5) is 0. The number of rotatable bonds is 7. The zero-order chi connectivity index (χ0) is 13.0. The molecule has 0 saturated carbocycles. The summed E-state index contributed by atoms with van der Waals surface area (Å²) in [6.45, 7) is 1.21. The van der Waals surface area contributed by atoms with E-state index in [1.165, 1.54) is 0 Å². The van der Waals surface area contributed by atoms with Crippen LogP contribution in [-0.2, 0) is 28.6 Å². The van der Waals surface area contributed by atoms with Gasteiger partial charge in [0.1, 0.15) is 0 Å². The van der Waals surface area contributed by atoms with E-state index in [2.05, 4.69) is 8.37 Å². The zero-order valence-corrected chi connectivity index (χ0v) is 11.0. The summed E-state index contributed by atoms with van der Waals surface area (Å²) in [6, 6.07) is -0.441. The highest BCUT2D eigenvalue weighted by Crippen LogP contribution is 2.06. The van der Waals surface area contributed by atoms with Gasteiger partial charge in [-0.25, -0.2) is 0 Å². The van der Waals surface area contributed by atoms with Gasteiger partial charge in [-0.15, -0.1) is 0 Å². The molecule has 0 aromatic carbocycles. The van der Waals surface area contributed by atoms with E-state index in [9.17, 15) is 16.8 Å². The molecule has 0 spiro atoms. The van der Waals surface area contributed by atoms with Gasteiger partial charge in [0.05, 0.1) is 25.7 Å². The molecule has 0 aromatic heterocycles. The molecule has 0 aromatic rings. The van der Waals surface area contributed by atoms with Crippen LogP contribution in [0.4, 0.5) is 0 Å². The molecule has 0 aliphatic rings. The lowest BCUT2D eigenvalue weighted by Gasteiger charge is -2.19. The first-order valence-electron chi connectivity index (χ1n) is 4.45. The summed E-state index contributed by atoms with van der Waals surface area (Å²) < 4.78 is 52.0. The van der Waals surface area contributed by atoms with Crippen molar-refractivity contribution in [1.29, 1.82) is 0 Å². The van der Waals surface area contributed by atoms with Crippen molar-refractivity contribution in [2.45, 2.75) is 13.0 Å². The Hall–Kier alpha value is -0.220. The Morgan fingerprint density at radius 2 is 1.31 bits per heavy atom. The molecule has 2 N–H and O–H groups in total. The SMILES string of the molecule is CC(N)C(COS(C)(=O)=O)COS(C)(=O)=O. The third-order valence-electron chi connectivity index (χ3n) is 1.74. The molecule has 0 saturated heterocycles. The fourth-order valence-corrected chi connectivity index (χ4v) is 1.62. The van der Waals surface area contributed by atoms with Crippen LogP contribution < -0.4 is 5.73 Å². The largest absolute Gasteiger partial charge is 0.328 e. The van der Waals surface area contributed by atoms with E-state index >= 15 is 0 Å². The molecule has 0 amide bonds. The van der Waals surface area contributed by atoms with Crippen LogP contribution in [0.2, 0.25) is 0 Å². The number of hydrogen-bond acceptors (Lipinski definition) is 7. The molecular weight excluding hydrogens is 258 g/mol. The van der Waals surface area contributed by atoms with Crippen molar-refractivity contribution in [1.82, 2.24) is 0 Å². The lowest BCUT2D eigenvalue weighted by molar-refractivity contribution is 0.170. The molecule has 0 bridgehead atoms. The average Bonchev–Trinajstić information content (AvgIpc) is 1.98. The second kappa shape index (κ2) is 5.92. The Morgan fingerprint density at radius 3 is 1.50 bits per heavy atom. The summed E-state index contributed by atoms with van der Waals surface area (Å²) in [7, 11) is -7.13. The summed E-state index contributed by atoms with van der Waals surface area (Å²) in [5.74, 6) is -0.510. The predicted molar refractivity (Wildman–Crippen MR) is 58.7 cm³/mol. The van der Waals surface area contributed by atoms with Gasteiger partial charge in [-0.3, -0.25) is 8.37 Å². The maximum absolute atomic E-state index is 10.7. The normalized spacial score (nSPS) is 15.3. The van der Waals surface area contributed by atoms with Crippen LogP contribution in [0.5, 0.6) is 0 Å². The second-order valence-corrected chi connectivity index (χ2v) is 6.88. The molecule has 16 heavy (non-hydrogen) atoms. The maximum atomic E-state index is 10.7. The third kappa shape index (κ3) is 9.04. The van der Waals surface area contributed by atoms with Crippen molar-refractivity contribution >= 4 is 20.2 Å². The van der Waals surface area contributed by atoms with Gasteiger partial charge in [-0.05, 0) is 6.92 Å². The van der Waals surface area contributed by atoms with E-state index in [0.29, 0.717) is 0 Å². The van der Waals surface area contributed by atoms with Crippen LogP contribution in [0, 0.1) is 5.92 Å². The fourth-order valence-electron chi connectivity index (χ4n) is 0.774. The summed E-state index contributed by atoms with van der Waals surface area (Å²) in [5.41, 5.74) is 5.55. The quantitative estimate of drug-likeness (QED) is 0.587. The molecule has 7 nitrogen and oxygen atoms in total. The average molecular weight is 275 g/mol. The molecule has 0 aliphatic heterocycles. The van der Waals surface area contributed by atoms with Crippen LogP contribution in [0.3, 0.4) is 0 Å². The second-order valence-electron chi connectivity index (χ2n) is 3.60. The van der Waals surface area contributed by atoms with Gasteiger partial charge in [0, 0.05) is 12.0 Å². The van der Waals surface area contributed by atoms with Crippen molar-refractivity contribution < 1.29 is 25.2 Å². The first-order chi connectivity index (χ1) is 7.01. The van der Waals surface area contributed by atoms with Crippen LogP contribution in [0.15, 0.2) is 0 Å². The highest BCUT2D eigenvalue weighted by atomic mass is 32.2. The minimum Gasteiger partial charge on any atom is -0.328 e. The number of hydrogen-bond donors (Lipinski definition) is 1.